The molecule has 0 saturated heterocycles. The summed E-state index contributed by atoms with van der Waals surface area (Å²) in [5, 5.41) is 17.3. The molecule has 0 aliphatic heterocycles. The predicted molar refractivity (Wildman–Crippen MR) is 75.9 cm³/mol. The van der Waals surface area contributed by atoms with Crippen molar-refractivity contribution in [1.82, 2.24) is 0 Å². The number of nitro benzene ring substituents is 1. The van der Waals surface area contributed by atoms with Gasteiger partial charge in [-0.05, 0) is 6.07 Å². The van der Waals surface area contributed by atoms with Gasteiger partial charge in [-0.25, -0.2) is 0 Å². The second-order valence-electron chi connectivity index (χ2n) is 2.30. The molecule has 1 aromatic rings. The summed E-state index contributed by atoms with van der Waals surface area (Å²) in [6.07, 6.45) is 0.586. The number of methoxy groups -OCH3 is 1. The van der Waals surface area contributed by atoms with Gasteiger partial charge in [0, 0.05) is 13.2 Å². The number of hydrogen-bond donors (Lipinski definition) is 1. The van der Waals surface area contributed by atoms with Crippen LogP contribution in [0.2, 0.25) is 0 Å². The minimum absolute atomic E-state index is 0.0950. The van der Waals surface area contributed by atoms with Crippen molar-refractivity contribution in [1.29, 1.82) is 0 Å². The van der Waals surface area contributed by atoms with E-state index in [0.717, 1.165) is 7.11 Å². The fourth-order valence-corrected chi connectivity index (χ4v) is 0.911. The highest BCUT2D eigenvalue weighted by Crippen LogP contribution is 2.22. The van der Waals surface area contributed by atoms with Gasteiger partial charge in [0.2, 0.25) is 0 Å². The van der Waals surface area contributed by atoms with Crippen LogP contribution in [-0.4, -0.2) is 30.5 Å². The molecule has 1 N–H and O–H groups in total. The number of aliphatic hydroxyl groups is 1. The maximum atomic E-state index is 10.4. The number of nitrogens with zero attached hydrogens (tertiary/aromatic N) is 1. The lowest BCUT2D eigenvalue weighted by atomic mass is 10.2. The third-order valence-electron chi connectivity index (χ3n) is 1.55. The Morgan fingerprint density at radius 3 is 2.00 bits per heavy atom. The summed E-state index contributed by atoms with van der Waals surface area (Å²) in [5.41, 5.74) is 0.204. The van der Waals surface area contributed by atoms with Crippen LogP contribution in [0, 0.1) is 10.1 Å². The van der Waals surface area contributed by atoms with Gasteiger partial charge in [0.15, 0.2) is 6.29 Å². The van der Waals surface area contributed by atoms with Gasteiger partial charge in [0.05, 0.1) is 23.7 Å². The van der Waals surface area contributed by atoms with Gasteiger partial charge in [-0.3, -0.25) is 14.9 Å². The molecule has 6 nitrogen and oxygen atoms in total. The molecule has 0 aliphatic rings. The lowest BCUT2D eigenvalue weighted by Gasteiger charge is -2.01. The Bertz CT molecular complexity index is 353. The highest BCUT2D eigenvalue weighted by Gasteiger charge is 2.09. The molecule has 6 heteroatoms. The Balaban J connectivity index is -0.000000375. The summed E-state index contributed by atoms with van der Waals surface area (Å²) < 4.78 is 4.79. The number of ether oxygens (including phenoxy) is 1. The summed E-state index contributed by atoms with van der Waals surface area (Å²) in [5.74, 6) is 0.212. The first-order chi connectivity index (χ1) is 9.19. The van der Waals surface area contributed by atoms with E-state index in [2.05, 4.69) is 0 Å². The van der Waals surface area contributed by atoms with E-state index < -0.39 is 4.92 Å². The Labute approximate surface area is 114 Å². The van der Waals surface area contributed by atoms with E-state index in [4.69, 9.17) is 9.84 Å². The topological polar surface area (TPSA) is 89.7 Å². The minimum atomic E-state index is -0.545. The third kappa shape index (κ3) is 8.73. The summed E-state index contributed by atoms with van der Waals surface area (Å²) in [6, 6.07) is 3.82. The average Bonchev–Trinajstić information content (AvgIpc) is 2.52. The number of carbonyl (C=O) groups excluding carboxylic acids is 1. The van der Waals surface area contributed by atoms with E-state index in [1.165, 1.54) is 25.3 Å². The first-order valence-corrected chi connectivity index (χ1v) is 5.91. The number of hydrogen-bond acceptors (Lipinski definition) is 5. The Morgan fingerprint density at radius 1 is 1.21 bits per heavy atom. The fraction of sp³-hybridized carbons (Fsp3) is 0.462. The van der Waals surface area contributed by atoms with Gasteiger partial charge >= 0.3 is 0 Å². The maximum Gasteiger partial charge on any atom is 0.273 e. The van der Waals surface area contributed by atoms with E-state index in [0.29, 0.717) is 11.8 Å². The normalized spacial score (nSPS) is 7.32. The van der Waals surface area contributed by atoms with Crippen LogP contribution in [0.5, 0.6) is 5.75 Å². The molecule has 1 rings (SSSR count). The summed E-state index contributed by atoms with van der Waals surface area (Å²) in [4.78, 5) is 20.2. The van der Waals surface area contributed by atoms with Gasteiger partial charge in [-0.1, -0.05) is 27.7 Å². The van der Waals surface area contributed by atoms with E-state index in [-0.39, 0.29) is 11.4 Å². The lowest BCUT2D eigenvalue weighted by Crippen LogP contribution is -1.93. The van der Waals surface area contributed by atoms with E-state index >= 15 is 0 Å². The van der Waals surface area contributed by atoms with Crippen molar-refractivity contribution in [2.75, 3.05) is 14.2 Å². The Morgan fingerprint density at radius 2 is 1.68 bits per heavy atom. The van der Waals surface area contributed by atoms with Crippen molar-refractivity contribution in [2.45, 2.75) is 27.7 Å². The highest BCUT2D eigenvalue weighted by molar-refractivity contribution is 5.80. The molecule has 0 aliphatic carbocycles. The summed E-state index contributed by atoms with van der Waals surface area (Å²) in [6.45, 7) is 8.00. The molecule has 0 amide bonds. The molecule has 0 unspecified atom stereocenters. The summed E-state index contributed by atoms with van der Waals surface area (Å²) in [7, 11) is 2.35. The second-order valence-corrected chi connectivity index (χ2v) is 2.30. The number of aliphatic hydroxyl groups excluding tert-OH is 1. The number of carbonyl (C=O) groups is 1. The molecule has 0 saturated carbocycles. The highest BCUT2D eigenvalue weighted by atomic mass is 16.6. The number of nitro groups is 1. The summed E-state index contributed by atoms with van der Waals surface area (Å²) >= 11 is 0. The monoisotopic (exact) mass is 273 g/mol. The number of rotatable bonds is 3. The minimum Gasteiger partial charge on any atom is -0.496 e. The van der Waals surface area contributed by atoms with Gasteiger partial charge in [-0.15, -0.1) is 0 Å². The van der Waals surface area contributed by atoms with Gasteiger partial charge in [0.1, 0.15) is 5.75 Å². The van der Waals surface area contributed by atoms with E-state index in [1.807, 2.05) is 27.7 Å². The zero-order valence-corrected chi connectivity index (χ0v) is 12.3. The second kappa shape index (κ2) is 16.1. The van der Waals surface area contributed by atoms with Gasteiger partial charge in [-0.2, -0.15) is 0 Å². The van der Waals surface area contributed by atoms with Crippen molar-refractivity contribution < 1.29 is 19.6 Å². The standard InChI is InChI=1S/C8H7NO4.2C2H6.CH4O/c1-13-8-4-7(9(11)12)3-2-6(8)5-10;3*1-2/h2-5H,1H3;2*1-2H3;2H,1H3. The number of benzene rings is 1. The Kier molecular flexibility index (Phi) is 18.8. The SMILES string of the molecule is CC.CC.CO.COc1cc([N+](=O)[O-])ccc1C=O. The molecule has 1 aromatic carbocycles. The van der Waals surface area contributed by atoms with Crippen LogP contribution in [0.1, 0.15) is 38.1 Å². The Hall–Kier alpha value is -1.95. The van der Waals surface area contributed by atoms with Crippen molar-refractivity contribution in [2.24, 2.45) is 0 Å². The molecule has 19 heavy (non-hydrogen) atoms. The quantitative estimate of drug-likeness (QED) is 0.519. The molecule has 0 heterocycles. The fourth-order valence-electron chi connectivity index (χ4n) is 0.911. The van der Waals surface area contributed by atoms with Crippen LogP contribution in [0.3, 0.4) is 0 Å². The van der Waals surface area contributed by atoms with E-state index in [1.54, 1.807) is 0 Å². The molecule has 0 spiro atoms. The van der Waals surface area contributed by atoms with Gasteiger partial charge in [0.25, 0.3) is 5.69 Å². The first kappa shape index (κ1) is 22.2. The van der Waals surface area contributed by atoms with Crippen molar-refractivity contribution in [3.8, 4) is 5.75 Å². The molecular formula is C13H23NO5. The number of aldehydes is 1. The van der Waals surface area contributed by atoms with Crippen LogP contribution >= 0.6 is 0 Å². The zero-order chi connectivity index (χ0) is 15.8. The van der Waals surface area contributed by atoms with Crippen LogP contribution in [0.15, 0.2) is 18.2 Å². The average molecular weight is 273 g/mol. The molecule has 0 aromatic heterocycles. The molecule has 110 valence electrons. The zero-order valence-electron chi connectivity index (χ0n) is 12.3. The molecule has 0 radical (unpaired) electrons. The predicted octanol–water partition coefficient (Wildman–Crippen LogP) is 3.08. The molecular weight excluding hydrogens is 250 g/mol. The van der Waals surface area contributed by atoms with Gasteiger partial charge < -0.3 is 9.84 Å². The maximum absolute atomic E-state index is 10.4. The van der Waals surface area contributed by atoms with Crippen LogP contribution < -0.4 is 4.74 Å². The largest absolute Gasteiger partial charge is 0.496 e. The smallest absolute Gasteiger partial charge is 0.273 e. The van der Waals surface area contributed by atoms with Crippen molar-refractivity contribution in [3.05, 3.63) is 33.9 Å². The third-order valence-corrected chi connectivity index (χ3v) is 1.55. The van der Waals surface area contributed by atoms with E-state index in [9.17, 15) is 14.9 Å². The molecule has 0 fully saturated rings. The van der Waals surface area contributed by atoms with Crippen molar-refractivity contribution >= 4 is 12.0 Å². The molecule has 0 atom stereocenters. The van der Waals surface area contributed by atoms with Crippen molar-refractivity contribution in [3.63, 3.8) is 0 Å². The first-order valence-electron chi connectivity index (χ1n) is 5.91. The van der Waals surface area contributed by atoms with Crippen LogP contribution in [0.4, 0.5) is 5.69 Å². The van der Waals surface area contributed by atoms with Crippen LogP contribution in [-0.2, 0) is 0 Å². The number of non-ortho nitro benzene ring substituents is 1. The molecule has 0 bridgehead atoms. The lowest BCUT2D eigenvalue weighted by molar-refractivity contribution is -0.384. The van der Waals surface area contributed by atoms with Crippen LogP contribution in [0.25, 0.3) is 0 Å².